The Kier molecular flexibility index (Phi) is 3.74. The van der Waals surface area contributed by atoms with Gasteiger partial charge in [-0.1, -0.05) is 0 Å². The molecule has 108 valence electrons. The normalized spacial score (nSPS) is 14.2. The summed E-state index contributed by atoms with van der Waals surface area (Å²) >= 11 is 3.43. The van der Waals surface area contributed by atoms with Crippen LogP contribution in [0.2, 0.25) is 0 Å². The summed E-state index contributed by atoms with van der Waals surface area (Å²) in [7, 11) is 1.62. The Balaban J connectivity index is 2.01. The van der Waals surface area contributed by atoms with Crippen molar-refractivity contribution in [2.45, 2.75) is 6.54 Å². The second-order valence-corrected chi connectivity index (χ2v) is 5.50. The Bertz CT molecular complexity index is 678. The zero-order valence-electron chi connectivity index (χ0n) is 11.3. The highest BCUT2D eigenvalue weighted by Gasteiger charge is 2.21. The van der Waals surface area contributed by atoms with Crippen LogP contribution < -0.4 is 15.0 Å². The van der Waals surface area contributed by atoms with Crippen LogP contribution in [-0.4, -0.2) is 29.8 Å². The lowest BCUT2D eigenvalue weighted by atomic mass is 10.1. The number of anilines is 2. The number of benzene rings is 1. The molecular formula is C14H13BrN4O2. The highest BCUT2D eigenvalue weighted by atomic mass is 79.9. The van der Waals surface area contributed by atoms with E-state index in [1.54, 1.807) is 19.5 Å². The van der Waals surface area contributed by atoms with Gasteiger partial charge in [-0.3, -0.25) is 4.79 Å². The largest absolute Gasteiger partial charge is 0.496 e. The van der Waals surface area contributed by atoms with Gasteiger partial charge in [-0.25, -0.2) is 0 Å². The average molecular weight is 349 g/mol. The van der Waals surface area contributed by atoms with Crippen LogP contribution in [0.4, 0.5) is 11.4 Å². The molecule has 1 aliphatic rings. The van der Waals surface area contributed by atoms with E-state index in [9.17, 15) is 4.79 Å². The Morgan fingerprint density at radius 3 is 2.90 bits per heavy atom. The molecule has 1 aliphatic heterocycles. The van der Waals surface area contributed by atoms with Crippen molar-refractivity contribution in [3.63, 3.8) is 0 Å². The number of fused-ring (bicyclic) bond motifs is 1. The lowest BCUT2D eigenvalue weighted by Crippen LogP contribution is -2.29. The van der Waals surface area contributed by atoms with Gasteiger partial charge in [0.1, 0.15) is 5.75 Å². The third-order valence-corrected chi connectivity index (χ3v) is 3.90. The molecule has 0 unspecified atom stereocenters. The second-order valence-electron chi connectivity index (χ2n) is 4.65. The highest BCUT2D eigenvalue weighted by Crippen LogP contribution is 2.34. The van der Waals surface area contributed by atoms with E-state index in [-0.39, 0.29) is 12.5 Å². The summed E-state index contributed by atoms with van der Waals surface area (Å²) in [5, 5.41) is 10.5. The molecule has 2 heterocycles. The van der Waals surface area contributed by atoms with E-state index in [4.69, 9.17) is 4.74 Å². The van der Waals surface area contributed by atoms with Gasteiger partial charge in [0, 0.05) is 12.2 Å². The number of ether oxygens (including phenoxy) is 1. The number of nitrogens with one attached hydrogen (secondary N) is 1. The first-order chi connectivity index (χ1) is 10.2. The maximum Gasteiger partial charge on any atom is 0.243 e. The smallest absolute Gasteiger partial charge is 0.243 e. The van der Waals surface area contributed by atoms with Crippen molar-refractivity contribution in [2.24, 2.45) is 0 Å². The first-order valence-electron chi connectivity index (χ1n) is 6.35. The summed E-state index contributed by atoms with van der Waals surface area (Å²) in [5.41, 5.74) is 2.63. The van der Waals surface area contributed by atoms with Crippen LogP contribution in [0, 0.1) is 0 Å². The topological polar surface area (TPSA) is 67.3 Å². The minimum absolute atomic E-state index is 0.0670. The van der Waals surface area contributed by atoms with Gasteiger partial charge in [0.15, 0.2) is 0 Å². The number of methoxy groups -OCH3 is 1. The van der Waals surface area contributed by atoms with Crippen LogP contribution in [0.15, 0.2) is 35.1 Å². The molecule has 1 amide bonds. The van der Waals surface area contributed by atoms with Crippen LogP contribution in [0.5, 0.6) is 5.75 Å². The Morgan fingerprint density at radius 1 is 1.33 bits per heavy atom. The van der Waals surface area contributed by atoms with Crippen molar-refractivity contribution in [1.82, 2.24) is 10.2 Å². The van der Waals surface area contributed by atoms with E-state index >= 15 is 0 Å². The van der Waals surface area contributed by atoms with Gasteiger partial charge < -0.3 is 15.0 Å². The first-order valence-corrected chi connectivity index (χ1v) is 7.14. The van der Waals surface area contributed by atoms with E-state index in [1.807, 2.05) is 23.1 Å². The number of hydrogen-bond donors (Lipinski definition) is 1. The molecular weight excluding hydrogens is 336 g/mol. The number of hydrogen-bond acceptors (Lipinski definition) is 5. The molecule has 6 nitrogen and oxygen atoms in total. The zero-order valence-corrected chi connectivity index (χ0v) is 12.9. The molecule has 0 radical (unpaired) electrons. The van der Waals surface area contributed by atoms with Crippen molar-refractivity contribution in [3.05, 3.63) is 40.6 Å². The van der Waals surface area contributed by atoms with Gasteiger partial charge in [0.25, 0.3) is 0 Å². The molecule has 0 atom stereocenters. The zero-order chi connectivity index (χ0) is 14.8. The average Bonchev–Trinajstić information content (AvgIpc) is 2.65. The molecule has 0 fully saturated rings. The SMILES string of the molecule is COc1cc2c(cc1Br)NC(=O)CN(c1ccnnc1)C2. The third kappa shape index (κ3) is 2.82. The van der Waals surface area contributed by atoms with Gasteiger partial charge in [-0.15, -0.1) is 0 Å². The van der Waals surface area contributed by atoms with Crippen molar-refractivity contribution in [2.75, 3.05) is 23.9 Å². The molecule has 3 rings (SSSR count). The van der Waals surface area contributed by atoms with Gasteiger partial charge in [-0.2, -0.15) is 10.2 Å². The molecule has 7 heteroatoms. The monoisotopic (exact) mass is 348 g/mol. The first kappa shape index (κ1) is 13.8. The second kappa shape index (κ2) is 5.69. The molecule has 1 N–H and O–H groups in total. The number of nitrogens with zero attached hydrogens (tertiary/aromatic N) is 3. The molecule has 1 aromatic carbocycles. The molecule has 2 aromatic rings. The Labute approximate surface area is 130 Å². The Hall–Kier alpha value is -2.15. The van der Waals surface area contributed by atoms with E-state index < -0.39 is 0 Å². The fourth-order valence-electron chi connectivity index (χ4n) is 2.28. The summed E-state index contributed by atoms with van der Waals surface area (Å²) < 4.78 is 6.13. The Morgan fingerprint density at radius 2 is 2.19 bits per heavy atom. The summed E-state index contributed by atoms with van der Waals surface area (Å²) in [4.78, 5) is 14.0. The summed E-state index contributed by atoms with van der Waals surface area (Å²) in [5.74, 6) is 0.667. The molecule has 0 aliphatic carbocycles. The lowest BCUT2D eigenvalue weighted by Gasteiger charge is -2.21. The molecule has 0 bridgehead atoms. The quantitative estimate of drug-likeness (QED) is 0.901. The van der Waals surface area contributed by atoms with Gasteiger partial charge in [-0.05, 0) is 39.7 Å². The number of rotatable bonds is 2. The number of carbonyl (C=O) groups excluding carboxylic acids is 1. The van der Waals surface area contributed by atoms with Gasteiger partial charge in [0.05, 0.1) is 36.2 Å². The maximum atomic E-state index is 12.1. The van der Waals surface area contributed by atoms with Crippen molar-refractivity contribution >= 4 is 33.2 Å². The number of amides is 1. The van der Waals surface area contributed by atoms with Gasteiger partial charge >= 0.3 is 0 Å². The fraction of sp³-hybridized carbons (Fsp3) is 0.214. The maximum absolute atomic E-state index is 12.1. The van der Waals surface area contributed by atoms with Crippen molar-refractivity contribution in [1.29, 1.82) is 0 Å². The minimum atomic E-state index is -0.0670. The number of aromatic nitrogens is 2. The number of halogens is 1. The lowest BCUT2D eigenvalue weighted by molar-refractivity contribution is -0.114. The van der Waals surface area contributed by atoms with Crippen molar-refractivity contribution in [3.8, 4) is 5.75 Å². The van der Waals surface area contributed by atoms with Crippen LogP contribution in [0.1, 0.15) is 5.56 Å². The van der Waals surface area contributed by atoms with E-state index in [0.29, 0.717) is 6.54 Å². The van der Waals surface area contributed by atoms with Gasteiger partial charge in [0.2, 0.25) is 5.91 Å². The predicted octanol–water partition coefficient (Wildman–Crippen LogP) is 2.21. The molecule has 0 saturated heterocycles. The molecule has 21 heavy (non-hydrogen) atoms. The van der Waals surface area contributed by atoms with Crippen molar-refractivity contribution < 1.29 is 9.53 Å². The van der Waals surface area contributed by atoms with E-state index in [0.717, 1.165) is 27.2 Å². The minimum Gasteiger partial charge on any atom is -0.496 e. The molecule has 1 aromatic heterocycles. The number of carbonyl (C=O) groups is 1. The van der Waals surface area contributed by atoms with E-state index in [1.165, 1.54) is 0 Å². The third-order valence-electron chi connectivity index (χ3n) is 3.28. The standard InChI is InChI=1S/C14H13BrN4O2/c1-21-13-4-9-7-19(10-2-3-16-17-6-10)8-14(20)18-12(9)5-11(13)15/h2-6H,7-8H2,1H3,(H,18,20). The highest BCUT2D eigenvalue weighted by molar-refractivity contribution is 9.10. The van der Waals surface area contributed by atoms with Crippen LogP contribution in [0.25, 0.3) is 0 Å². The summed E-state index contributed by atoms with van der Waals surface area (Å²) in [6.07, 6.45) is 3.26. The molecule has 0 spiro atoms. The summed E-state index contributed by atoms with van der Waals surface area (Å²) in [6.45, 7) is 0.851. The molecule has 0 saturated carbocycles. The van der Waals surface area contributed by atoms with E-state index in [2.05, 4.69) is 31.4 Å². The summed E-state index contributed by atoms with van der Waals surface area (Å²) in [6, 6.07) is 5.62. The predicted molar refractivity (Wildman–Crippen MR) is 82.4 cm³/mol. The fourth-order valence-corrected chi connectivity index (χ4v) is 2.78. The van der Waals surface area contributed by atoms with Crippen LogP contribution in [0.3, 0.4) is 0 Å². The van der Waals surface area contributed by atoms with Crippen LogP contribution >= 0.6 is 15.9 Å². The van der Waals surface area contributed by atoms with Crippen LogP contribution in [-0.2, 0) is 11.3 Å².